The minimum absolute atomic E-state index is 0.0529. The van der Waals surface area contributed by atoms with Crippen LogP contribution in [0.25, 0.3) is 0 Å². The fraction of sp³-hybridized carbons (Fsp3) is 0.400. The van der Waals surface area contributed by atoms with Crippen LogP contribution in [-0.2, 0) is 18.4 Å². The molecule has 2 N–H and O–H groups in total. The van der Waals surface area contributed by atoms with Crippen molar-refractivity contribution in [3.05, 3.63) is 69.4 Å². The summed E-state index contributed by atoms with van der Waals surface area (Å²) in [4.78, 5) is 4.65. The molecule has 0 bridgehead atoms. The van der Waals surface area contributed by atoms with E-state index in [2.05, 4.69) is 71.1 Å². The average Bonchev–Trinajstić information content (AvgIpc) is 3.23. The highest BCUT2D eigenvalue weighted by Crippen LogP contribution is 2.25. The van der Waals surface area contributed by atoms with Crippen molar-refractivity contribution in [1.29, 1.82) is 0 Å². The number of aryl methyl sites for hydroxylation is 1. The van der Waals surface area contributed by atoms with Gasteiger partial charge in [0.1, 0.15) is 0 Å². The monoisotopic (exact) mass is 354 g/mol. The second-order valence-electron chi connectivity index (χ2n) is 7.49. The Morgan fingerprint density at radius 2 is 2.12 bits per heavy atom. The van der Waals surface area contributed by atoms with Gasteiger partial charge in [-0.15, -0.1) is 0 Å². The summed E-state index contributed by atoms with van der Waals surface area (Å²) < 4.78 is 0. The van der Waals surface area contributed by atoms with E-state index in [0.717, 1.165) is 18.7 Å². The molecule has 0 fully saturated rings. The van der Waals surface area contributed by atoms with Gasteiger partial charge in [-0.25, -0.2) is 0 Å². The molecule has 0 amide bonds. The number of nitrogens with one attached hydrogen (secondary N) is 2. The van der Waals surface area contributed by atoms with Crippen molar-refractivity contribution in [2.24, 2.45) is 0 Å². The van der Waals surface area contributed by atoms with Crippen LogP contribution in [0, 0.1) is 6.92 Å². The van der Waals surface area contributed by atoms with Crippen LogP contribution in [0.3, 0.4) is 0 Å². The first-order valence-electron chi connectivity index (χ1n) is 8.64. The van der Waals surface area contributed by atoms with Gasteiger partial charge < -0.3 is 5.32 Å². The summed E-state index contributed by atoms with van der Waals surface area (Å²) >= 11 is 1.74. The molecule has 3 aromatic heterocycles. The summed E-state index contributed by atoms with van der Waals surface area (Å²) in [6, 6.07) is 6.49. The second kappa shape index (κ2) is 7.50. The zero-order chi connectivity index (χ0) is 17.9. The first-order chi connectivity index (χ1) is 11.9. The van der Waals surface area contributed by atoms with Crippen LogP contribution in [0.1, 0.15) is 54.9 Å². The number of thiophene rings is 1. The van der Waals surface area contributed by atoms with Crippen LogP contribution in [-0.4, -0.2) is 15.2 Å². The van der Waals surface area contributed by atoms with Gasteiger partial charge >= 0.3 is 0 Å². The predicted molar refractivity (Wildman–Crippen MR) is 104 cm³/mol. The van der Waals surface area contributed by atoms with Crippen molar-refractivity contribution >= 4 is 11.3 Å². The van der Waals surface area contributed by atoms with Gasteiger partial charge in [0.2, 0.25) is 0 Å². The average molecular weight is 355 g/mol. The molecule has 0 aromatic carbocycles. The highest BCUT2D eigenvalue weighted by molar-refractivity contribution is 7.07. The zero-order valence-corrected chi connectivity index (χ0v) is 16.2. The molecule has 0 radical (unpaired) electrons. The second-order valence-corrected chi connectivity index (χ2v) is 8.28. The first-order valence-corrected chi connectivity index (χ1v) is 9.58. The lowest BCUT2D eigenvalue weighted by Crippen LogP contribution is -2.26. The molecule has 1 atom stereocenters. The molecule has 0 saturated heterocycles. The Bertz CT molecular complexity index is 799. The van der Waals surface area contributed by atoms with E-state index >= 15 is 0 Å². The molecular formula is C20H26N4S. The zero-order valence-electron chi connectivity index (χ0n) is 15.3. The Balaban J connectivity index is 1.81. The largest absolute Gasteiger partial charge is 0.304 e. The highest BCUT2D eigenvalue weighted by Gasteiger charge is 2.22. The molecular weight excluding hydrogens is 328 g/mol. The number of aromatic amines is 1. The van der Waals surface area contributed by atoms with Crippen LogP contribution >= 0.6 is 11.3 Å². The molecule has 3 aromatic rings. The lowest BCUT2D eigenvalue weighted by molar-refractivity contribution is 0.503. The molecule has 3 heterocycles. The van der Waals surface area contributed by atoms with E-state index in [-0.39, 0.29) is 11.5 Å². The van der Waals surface area contributed by atoms with Gasteiger partial charge in [-0.1, -0.05) is 26.8 Å². The summed E-state index contributed by atoms with van der Waals surface area (Å²) in [5.41, 5.74) is 6.14. The summed E-state index contributed by atoms with van der Waals surface area (Å²) in [6.07, 6.45) is 4.74. The number of pyridine rings is 1. The van der Waals surface area contributed by atoms with Gasteiger partial charge in [0.15, 0.2) is 0 Å². The van der Waals surface area contributed by atoms with Crippen molar-refractivity contribution in [3.8, 4) is 0 Å². The van der Waals surface area contributed by atoms with Crippen LogP contribution in [0.4, 0.5) is 0 Å². The minimum atomic E-state index is 0.0529. The molecule has 0 aliphatic heterocycles. The van der Waals surface area contributed by atoms with Crippen molar-refractivity contribution in [3.63, 3.8) is 0 Å². The van der Waals surface area contributed by atoms with E-state index in [4.69, 9.17) is 0 Å². The van der Waals surface area contributed by atoms with E-state index in [1.54, 1.807) is 11.3 Å². The summed E-state index contributed by atoms with van der Waals surface area (Å²) in [6.45, 7) is 9.51. The van der Waals surface area contributed by atoms with E-state index in [0.29, 0.717) is 0 Å². The Hall–Kier alpha value is -1.98. The summed E-state index contributed by atoms with van der Waals surface area (Å²) in [5, 5.41) is 15.5. The lowest BCUT2D eigenvalue weighted by Gasteiger charge is -2.22. The molecule has 5 heteroatoms. The van der Waals surface area contributed by atoms with Gasteiger partial charge in [0.25, 0.3) is 0 Å². The maximum absolute atomic E-state index is 4.65. The number of nitrogens with zero attached hydrogens (tertiary/aromatic N) is 2. The van der Waals surface area contributed by atoms with E-state index < -0.39 is 0 Å². The smallest absolute Gasteiger partial charge is 0.0605 e. The van der Waals surface area contributed by atoms with Crippen LogP contribution < -0.4 is 5.32 Å². The Kier molecular flexibility index (Phi) is 5.35. The van der Waals surface area contributed by atoms with Gasteiger partial charge in [-0.2, -0.15) is 16.4 Å². The summed E-state index contributed by atoms with van der Waals surface area (Å²) in [5.74, 6) is 0. The van der Waals surface area contributed by atoms with Crippen molar-refractivity contribution < 1.29 is 0 Å². The molecule has 25 heavy (non-hydrogen) atoms. The lowest BCUT2D eigenvalue weighted by atomic mass is 9.89. The van der Waals surface area contributed by atoms with Crippen LogP contribution in [0.2, 0.25) is 0 Å². The Labute approximate surface area is 153 Å². The fourth-order valence-corrected chi connectivity index (χ4v) is 3.78. The maximum Gasteiger partial charge on any atom is 0.0605 e. The van der Waals surface area contributed by atoms with Crippen LogP contribution in [0.15, 0.2) is 41.4 Å². The summed E-state index contributed by atoms with van der Waals surface area (Å²) in [7, 11) is 0. The van der Waals surface area contributed by atoms with E-state index in [1.165, 1.54) is 22.4 Å². The number of rotatable bonds is 6. The van der Waals surface area contributed by atoms with Gasteiger partial charge in [-0.05, 0) is 47.4 Å². The van der Waals surface area contributed by atoms with E-state index in [9.17, 15) is 0 Å². The van der Waals surface area contributed by atoms with Crippen molar-refractivity contribution in [2.75, 3.05) is 0 Å². The maximum atomic E-state index is 4.65. The fourth-order valence-electron chi connectivity index (χ4n) is 3.10. The molecule has 0 aliphatic rings. The standard InChI is InChI=1S/C20H26N4S/c1-14-6-5-8-21-18(14)17(10-15-7-9-25-13-15)22-11-16-12-23-24-19(16)20(2,3)4/h5-9,12-13,17,22H,10-11H2,1-4H3,(H,23,24)/t17-/m0/s1. The predicted octanol–water partition coefficient (Wildman–Crippen LogP) is 4.55. The highest BCUT2D eigenvalue weighted by atomic mass is 32.1. The van der Waals surface area contributed by atoms with Crippen molar-refractivity contribution in [1.82, 2.24) is 20.5 Å². The van der Waals surface area contributed by atoms with Crippen molar-refractivity contribution in [2.45, 2.75) is 52.1 Å². The first kappa shape index (κ1) is 17.8. The molecule has 0 unspecified atom stereocenters. The Morgan fingerprint density at radius 1 is 1.28 bits per heavy atom. The third kappa shape index (κ3) is 4.35. The third-order valence-corrected chi connectivity index (χ3v) is 5.14. The number of aromatic nitrogens is 3. The van der Waals surface area contributed by atoms with Gasteiger partial charge in [0.05, 0.1) is 17.9 Å². The third-order valence-electron chi connectivity index (χ3n) is 4.41. The number of H-pyrrole nitrogens is 1. The molecule has 3 rings (SSSR count). The normalized spacial score (nSPS) is 13.1. The molecule has 0 spiro atoms. The molecule has 132 valence electrons. The van der Waals surface area contributed by atoms with Gasteiger partial charge in [-0.3, -0.25) is 10.1 Å². The Morgan fingerprint density at radius 3 is 2.80 bits per heavy atom. The van der Waals surface area contributed by atoms with Gasteiger partial charge in [0, 0.05) is 29.4 Å². The number of hydrogen-bond acceptors (Lipinski definition) is 4. The quantitative estimate of drug-likeness (QED) is 0.683. The molecule has 0 saturated carbocycles. The SMILES string of the molecule is Cc1cccnc1[C@H](Cc1ccsc1)NCc1cn[nH]c1C(C)(C)C. The molecule has 4 nitrogen and oxygen atoms in total. The molecule has 0 aliphatic carbocycles. The minimum Gasteiger partial charge on any atom is -0.304 e. The van der Waals surface area contributed by atoms with Crippen LogP contribution in [0.5, 0.6) is 0 Å². The number of hydrogen-bond donors (Lipinski definition) is 2. The topological polar surface area (TPSA) is 53.6 Å². The van der Waals surface area contributed by atoms with E-state index in [1.807, 2.05) is 18.5 Å².